The molecule has 2 aliphatic heterocycles. The number of hydrogen-bond acceptors (Lipinski definition) is 9. The molecule has 6 aromatic rings. The third kappa shape index (κ3) is 7.26. The fraction of sp³-hybridized carbons (Fsp3) is 0.152. The predicted molar refractivity (Wildman–Crippen MR) is 224 cm³/mol. The van der Waals surface area contributed by atoms with Crippen molar-refractivity contribution in [3.8, 4) is 0 Å². The van der Waals surface area contributed by atoms with Crippen LogP contribution >= 0.6 is 22.9 Å². The van der Waals surface area contributed by atoms with Gasteiger partial charge in [0, 0.05) is 26.6 Å². The minimum atomic E-state index is -1.30. The molecule has 2 aliphatic rings. The van der Waals surface area contributed by atoms with Crippen LogP contribution in [0.15, 0.2) is 168 Å². The molecule has 1 saturated heterocycles. The minimum Gasteiger partial charge on any atom is -0.448 e. The number of nitrogens with one attached hydrogen (secondary N) is 1. The highest BCUT2D eigenvalue weighted by Crippen LogP contribution is 2.42. The zero-order valence-electron chi connectivity index (χ0n) is 31.3. The molecule has 5 aromatic carbocycles. The third-order valence-electron chi connectivity index (χ3n) is 10.4. The van der Waals surface area contributed by atoms with E-state index in [0.717, 1.165) is 27.8 Å². The molecule has 2 atom stereocenters. The van der Waals surface area contributed by atoms with Gasteiger partial charge in [-0.25, -0.2) is 9.78 Å². The molecule has 0 bridgehead atoms. The van der Waals surface area contributed by atoms with Gasteiger partial charge in [0.25, 0.3) is 11.8 Å². The van der Waals surface area contributed by atoms with Crippen molar-refractivity contribution in [2.75, 3.05) is 5.73 Å². The SMILES string of the molecule is Cc1sc(N)nc1C(=NOC(c1ccccc1)(c1ccccc1)c1ccccc1)C(=O)N[C@H]1C(=O)N2C(C(=O)OC(c3ccccc3)c3ccccc3)=C(Cl)CCC12. The van der Waals surface area contributed by atoms with E-state index in [1.807, 2.05) is 152 Å². The Bertz CT molecular complexity index is 2360. The molecule has 8 rings (SSSR count). The van der Waals surface area contributed by atoms with Gasteiger partial charge in [-0.15, -0.1) is 11.3 Å². The number of nitrogens with zero attached hydrogens (tertiary/aromatic N) is 3. The first kappa shape index (κ1) is 38.3. The van der Waals surface area contributed by atoms with Gasteiger partial charge in [-0.3, -0.25) is 14.5 Å². The summed E-state index contributed by atoms with van der Waals surface area (Å²) in [6, 6.07) is 46.0. The number of oxime groups is 1. The molecule has 3 N–H and O–H groups in total. The lowest BCUT2D eigenvalue weighted by Crippen LogP contribution is -2.72. The summed E-state index contributed by atoms with van der Waals surface area (Å²) in [4.78, 5) is 55.6. The number of hydrogen-bond donors (Lipinski definition) is 2. The Morgan fingerprint density at radius 3 is 1.78 bits per heavy atom. The van der Waals surface area contributed by atoms with Gasteiger partial charge in [0.05, 0.1) is 6.04 Å². The standard InChI is InChI=1S/C46H38ClN5O5S/c1-29-37(50-45(48)58-29)39(51-57-46(32-21-11-4-12-22-32,33-23-13-5-14-24-33)34-25-15-6-16-26-34)42(53)49-38-36-28-27-35(47)40(52(36)43(38)54)44(55)56-41(30-17-7-2-8-18-30)31-19-9-3-10-20-31/h2-26,36,38,41H,27-28H2,1H3,(H2,48,50)(H,49,53)/t36?,38-/m1/s1. The maximum Gasteiger partial charge on any atom is 0.357 e. The summed E-state index contributed by atoms with van der Waals surface area (Å²) in [7, 11) is 0. The molecule has 290 valence electrons. The van der Waals surface area contributed by atoms with Crippen LogP contribution < -0.4 is 11.1 Å². The second-order valence-corrected chi connectivity index (χ2v) is 15.6. The van der Waals surface area contributed by atoms with E-state index in [-0.39, 0.29) is 27.3 Å². The molecule has 0 spiro atoms. The zero-order chi connectivity index (χ0) is 40.2. The monoisotopic (exact) mass is 807 g/mol. The molecular weight excluding hydrogens is 770 g/mol. The Labute approximate surface area is 344 Å². The van der Waals surface area contributed by atoms with Crippen molar-refractivity contribution >= 4 is 51.6 Å². The van der Waals surface area contributed by atoms with E-state index in [9.17, 15) is 14.4 Å². The second kappa shape index (κ2) is 16.5. The smallest absolute Gasteiger partial charge is 0.357 e. The number of anilines is 1. The topological polar surface area (TPSA) is 136 Å². The first-order valence-electron chi connectivity index (χ1n) is 18.8. The van der Waals surface area contributed by atoms with Gasteiger partial charge in [-0.1, -0.05) is 168 Å². The van der Waals surface area contributed by atoms with Gasteiger partial charge in [-0.2, -0.15) is 0 Å². The number of aromatic nitrogens is 1. The Morgan fingerprint density at radius 2 is 1.31 bits per heavy atom. The molecule has 3 heterocycles. The fourth-order valence-electron chi connectivity index (χ4n) is 7.58. The largest absolute Gasteiger partial charge is 0.448 e. The van der Waals surface area contributed by atoms with E-state index in [1.165, 1.54) is 16.2 Å². The van der Waals surface area contributed by atoms with Crippen LogP contribution in [0.2, 0.25) is 0 Å². The lowest BCUT2D eigenvalue weighted by molar-refractivity contribution is -0.158. The van der Waals surface area contributed by atoms with Gasteiger partial charge in [0.2, 0.25) is 5.60 Å². The highest BCUT2D eigenvalue weighted by Gasteiger charge is 2.54. The number of β-lactam (4-membered cyclic amide) rings is 1. The quantitative estimate of drug-likeness (QED) is 0.0420. The number of fused-ring (bicyclic) bond motifs is 1. The molecule has 2 amide bonds. The van der Waals surface area contributed by atoms with Crippen LogP contribution in [0.5, 0.6) is 0 Å². The first-order chi connectivity index (χ1) is 28.3. The average Bonchev–Trinajstić information content (AvgIpc) is 3.61. The molecule has 0 radical (unpaired) electrons. The molecule has 1 aromatic heterocycles. The average molecular weight is 808 g/mol. The van der Waals surface area contributed by atoms with Crippen molar-refractivity contribution in [2.24, 2.45) is 5.16 Å². The number of thiazole rings is 1. The molecule has 1 fully saturated rings. The number of ether oxygens (including phenoxy) is 1. The number of rotatable bonds is 12. The van der Waals surface area contributed by atoms with Crippen LogP contribution in [0, 0.1) is 6.92 Å². The molecule has 10 nitrogen and oxygen atoms in total. The van der Waals surface area contributed by atoms with Crippen molar-refractivity contribution in [1.82, 2.24) is 15.2 Å². The van der Waals surface area contributed by atoms with Crippen LogP contribution in [0.25, 0.3) is 0 Å². The summed E-state index contributed by atoms with van der Waals surface area (Å²) >= 11 is 7.90. The number of esters is 1. The first-order valence-corrected chi connectivity index (χ1v) is 19.9. The van der Waals surface area contributed by atoms with Gasteiger partial charge >= 0.3 is 5.97 Å². The number of carbonyl (C=O) groups excluding carboxylic acids is 3. The zero-order valence-corrected chi connectivity index (χ0v) is 32.9. The lowest BCUT2D eigenvalue weighted by atomic mass is 9.80. The number of amides is 2. The van der Waals surface area contributed by atoms with E-state index in [1.54, 1.807) is 6.92 Å². The van der Waals surface area contributed by atoms with Crippen LogP contribution in [0.3, 0.4) is 0 Å². The lowest BCUT2D eigenvalue weighted by Gasteiger charge is -2.49. The number of benzene rings is 5. The molecule has 0 saturated carbocycles. The maximum atomic E-state index is 14.5. The fourth-order valence-corrected chi connectivity index (χ4v) is 8.55. The number of nitrogen functional groups attached to an aromatic ring is 1. The van der Waals surface area contributed by atoms with E-state index in [0.29, 0.717) is 17.7 Å². The normalized spacial score (nSPS) is 16.7. The number of allylic oxidation sites excluding steroid dienone is 1. The van der Waals surface area contributed by atoms with Crippen molar-refractivity contribution < 1.29 is 24.0 Å². The van der Waals surface area contributed by atoms with Crippen molar-refractivity contribution in [3.05, 3.63) is 201 Å². The minimum absolute atomic E-state index is 0.0380. The van der Waals surface area contributed by atoms with E-state index >= 15 is 0 Å². The van der Waals surface area contributed by atoms with E-state index in [2.05, 4.69) is 15.5 Å². The summed E-state index contributed by atoms with van der Waals surface area (Å²) in [6.07, 6.45) is -0.0487. The number of halogens is 1. The highest BCUT2D eigenvalue weighted by atomic mass is 35.5. The molecule has 0 aliphatic carbocycles. The van der Waals surface area contributed by atoms with Gasteiger partial charge in [0.15, 0.2) is 16.9 Å². The van der Waals surface area contributed by atoms with Crippen LogP contribution in [-0.2, 0) is 29.6 Å². The van der Waals surface area contributed by atoms with E-state index < -0.39 is 41.6 Å². The second-order valence-electron chi connectivity index (χ2n) is 13.9. The molecular formula is C46H38ClN5O5S. The molecule has 58 heavy (non-hydrogen) atoms. The summed E-state index contributed by atoms with van der Waals surface area (Å²) in [5, 5.41) is 7.95. The molecule has 12 heteroatoms. The summed E-state index contributed by atoms with van der Waals surface area (Å²) in [5.74, 6) is -1.96. The summed E-state index contributed by atoms with van der Waals surface area (Å²) in [5.41, 5.74) is 8.67. The van der Waals surface area contributed by atoms with Crippen molar-refractivity contribution in [2.45, 2.75) is 43.6 Å². The Morgan fingerprint density at radius 1 is 0.828 bits per heavy atom. The Balaban J connectivity index is 1.11. The summed E-state index contributed by atoms with van der Waals surface area (Å²) in [6.45, 7) is 1.78. The van der Waals surface area contributed by atoms with Crippen LogP contribution in [-0.4, -0.2) is 45.5 Å². The number of nitrogens with two attached hydrogens (primary N) is 1. The van der Waals surface area contributed by atoms with Crippen LogP contribution in [0.1, 0.15) is 57.3 Å². The third-order valence-corrected chi connectivity index (χ3v) is 11.5. The highest BCUT2D eigenvalue weighted by molar-refractivity contribution is 7.15. The van der Waals surface area contributed by atoms with Crippen molar-refractivity contribution in [1.29, 1.82) is 0 Å². The van der Waals surface area contributed by atoms with Gasteiger partial charge < -0.3 is 20.6 Å². The predicted octanol–water partition coefficient (Wildman–Crippen LogP) is 8.02. The van der Waals surface area contributed by atoms with E-state index in [4.69, 9.17) is 26.9 Å². The molecule has 1 unspecified atom stereocenters. The Kier molecular flexibility index (Phi) is 10.9. The summed E-state index contributed by atoms with van der Waals surface area (Å²) < 4.78 is 6.12. The number of aryl methyl sites for hydroxylation is 1. The van der Waals surface area contributed by atoms with Crippen molar-refractivity contribution in [3.63, 3.8) is 0 Å². The van der Waals surface area contributed by atoms with Gasteiger partial charge in [-0.05, 0) is 30.9 Å². The number of carbonyl (C=O) groups is 3. The maximum absolute atomic E-state index is 14.5. The van der Waals surface area contributed by atoms with Crippen LogP contribution in [0.4, 0.5) is 5.13 Å². The van der Waals surface area contributed by atoms with Gasteiger partial charge in [0.1, 0.15) is 17.4 Å². The Hall–Kier alpha value is -6.56.